The van der Waals surface area contributed by atoms with Gasteiger partial charge in [-0.15, -0.1) is 0 Å². The van der Waals surface area contributed by atoms with E-state index in [0.717, 1.165) is 54.2 Å². The zero-order chi connectivity index (χ0) is 23.6. The average molecular weight is 458 g/mol. The van der Waals surface area contributed by atoms with E-state index < -0.39 is 0 Å². The van der Waals surface area contributed by atoms with Crippen LogP contribution in [0.3, 0.4) is 0 Å². The fourth-order valence-corrected chi connectivity index (χ4v) is 3.93. The molecule has 1 aromatic heterocycles. The Labute approximate surface area is 200 Å². The van der Waals surface area contributed by atoms with Crippen molar-refractivity contribution in [3.8, 4) is 11.5 Å². The third-order valence-corrected chi connectivity index (χ3v) is 5.75. The first-order chi connectivity index (χ1) is 16.7. The minimum atomic E-state index is 0.0362. The van der Waals surface area contributed by atoms with Crippen LogP contribution in [0.1, 0.15) is 30.7 Å². The van der Waals surface area contributed by atoms with Gasteiger partial charge in [-0.25, -0.2) is 4.98 Å². The number of aryl methyl sites for hydroxylation is 2. The van der Waals surface area contributed by atoms with E-state index in [0.29, 0.717) is 19.6 Å². The summed E-state index contributed by atoms with van der Waals surface area (Å²) in [6.45, 7) is 1.87. The Morgan fingerprint density at radius 2 is 1.74 bits per heavy atom. The molecule has 0 saturated heterocycles. The van der Waals surface area contributed by atoms with E-state index in [9.17, 15) is 4.79 Å². The number of imidazole rings is 1. The number of benzene rings is 3. The van der Waals surface area contributed by atoms with Crippen LogP contribution in [0.4, 0.5) is 0 Å². The van der Waals surface area contributed by atoms with Gasteiger partial charge in [0.05, 0.1) is 31.3 Å². The Morgan fingerprint density at radius 1 is 0.941 bits per heavy atom. The molecule has 6 nitrogen and oxygen atoms in total. The van der Waals surface area contributed by atoms with Crippen LogP contribution in [0.5, 0.6) is 11.5 Å². The SMILES string of the molecule is COc1cccc(OCCCCn2c(CNC(=O)CCc3ccccc3)nc3ccccc32)c1. The summed E-state index contributed by atoms with van der Waals surface area (Å²) < 4.78 is 13.3. The largest absolute Gasteiger partial charge is 0.497 e. The molecule has 0 spiro atoms. The standard InChI is InChI=1S/C28H31N3O3/c1-33-23-12-9-13-24(20-23)34-19-8-7-18-31-26-15-6-5-14-25(26)30-27(31)21-29-28(32)17-16-22-10-3-2-4-11-22/h2-6,9-15,20H,7-8,16-19,21H2,1H3,(H,29,32). The van der Waals surface area contributed by atoms with Crippen molar-refractivity contribution in [2.24, 2.45) is 0 Å². The normalized spacial score (nSPS) is 10.9. The highest BCUT2D eigenvalue weighted by molar-refractivity contribution is 5.77. The lowest BCUT2D eigenvalue weighted by atomic mass is 10.1. The lowest BCUT2D eigenvalue weighted by molar-refractivity contribution is -0.121. The zero-order valence-electron chi connectivity index (χ0n) is 19.6. The number of unbranched alkanes of at least 4 members (excludes halogenated alkanes) is 1. The molecule has 0 fully saturated rings. The van der Waals surface area contributed by atoms with E-state index in [4.69, 9.17) is 14.5 Å². The summed E-state index contributed by atoms with van der Waals surface area (Å²) in [5.41, 5.74) is 3.20. The van der Waals surface area contributed by atoms with Gasteiger partial charge in [-0.2, -0.15) is 0 Å². The maximum atomic E-state index is 12.4. The maximum Gasteiger partial charge on any atom is 0.220 e. The van der Waals surface area contributed by atoms with Gasteiger partial charge < -0.3 is 19.4 Å². The number of hydrogen-bond acceptors (Lipinski definition) is 4. The molecule has 3 aromatic carbocycles. The molecular formula is C28H31N3O3. The quantitative estimate of drug-likeness (QED) is 0.299. The number of methoxy groups -OCH3 is 1. The smallest absolute Gasteiger partial charge is 0.220 e. The number of hydrogen-bond donors (Lipinski definition) is 1. The molecule has 0 radical (unpaired) electrons. The van der Waals surface area contributed by atoms with Crippen molar-refractivity contribution in [2.75, 3.05) is 13.7 Å². The number of fused-ring (bicyclic) bond motifs is 1. The molecule has 1 heterocycles. The third kappa shape index (κ3) is 6.38. The Kier molecular flexibility index (Phi) is 8.17. The number of carbonyl (C=O) groups is 1. The third-order valence-electron chi connectivity index (χ3n) is 5.75. The molecule has 34 heavy (non-hydrogen) atoms. The van der Waals surface area contributed by atoms with Crippen molar-refractivity contribution < 1.29 is 14.3 Å². The second-order valence-electron chi connectivity index (χ2n) is 8.17. The highest BCUT2D eigenvalue weighted by Gasteiger charge is 2.12. The van der Waals surface area contributed by atoms with E-state index in [1.54, 1.807) is 7.11 Å². The van der Waals surface area contributed by atoms with Crippen molar-refractivity contribution in [1.29, 1.82) is 0 Å². The molecular weight excluding hydrogens is 426 g/mol. The number of carbonyl (C=O) groups excluding carboxylic acids is 1. The lowest BCUT2D eigenvalue weighted by Gasteiger charge is -2.11. The lowest BCUT2D eigenvalue weighted by Crippen LogP contribution is -2.25. The number of para-hydroxylation sites is 2. The summed E-state index contributed by atoms with van der Waals surface area (Å²) in [5.74, 6) is 2.52. The van der Waals surface area contributed by atoms with Crippen LogP contribution in [0.2, 0.25) is 0 Å². The summed E-state index contributed by atoms with van der Waals surface area (Å²) in [6, 6.07) is 25.8. The summed E-state index contributed by atoms with van der Waals surface area (Å²) in [6.07, 6.45) is 3.05. The molecule has 0 unspecified atom stereocenters. The summed E-state index contributed by atoms with van der Waals surface area (Å²) in [5, 5.41) is 3.05. The first-order valence-electron chi connectivity index (χ1n) is 11.7. The predicted molar refractivity (Wildman–Crippen MR) is 134 cm³/mol. The number of ether oxygens (including phenoxy) is 2. The molecule has 6 heteroatoms. The van der Waals surface area contributed by atoms with Crippen LogP contribution in [-0.2, 0) is 24.3 Å². The van der Waals surface area contributed by atoms with Crippen molar-refractivity contribution in [3.63, 3.8) is 0 Å². The summed E-state index contributed by atoms with van der Waals surface area (Å²) in [4.78, 5) is 17.2. The van der Waals surface area contributed by atoms with Crippen molar-refractivity contribution in [2.45, 2.75) is 38.8 Å². The van der Waals surface area contributed by atoms with Gasteiger partial charge in [0.1, 0.15) is 17.3 Å². The van der Waals surface area contributed by atoms with Crippen LogP contribution in [-0.4, -0.2) is 29.2 Å². The van der Waals surface area contributed by atoms with Crippen molar-refractivity contribution >= 4 is 16.9 Å². The van der Waals surface area contributed by atoms with Gasteiger partial charge in [0.15, 0.2) is 0 Å². The van der Waals surface area contributed by atoms with Crippen LogP contribution in [0.15, 0.2) is 78.9 Å². The van der Waals surface area contributed by atoms with E-state index in [-0.39, 0.29) is 5.91 Å². The molecule has 4 aromatic rings. The summed E-state index contributed by atoms with van der Waals surface area (Å²) >= 11 is 0. The molecule has 0 aliphatic rings. The second kappa shape index (κ2) is 11.9. The number of nitrogens with zero attached hydrogens (tertiary/aromatic N) is 2. The van der Waals surface area contributed by atoms with E-state index in [1.165, 1.54) is 5.56 Å². The highest BCUT2D eigenvalue weighted by atomic mass is 16.5. The Morgan fingerprint density at radius 3 is 2.59 bits per heavy atom. The fraction of sp³-hybridized carbons (Fsp3) is 0.286. The molecule has 0 bridgehead atoms. The Hall–Kier alpha value is -3.80. The van der Waals surface area contributed by atoms with E-state index in [1.807, 2.05) is 72.8 Å². The summed E-state index contributed by atoms with van der Waals surface area (Å²) in [7, 11) is 1.65. The monoisotopic (exact) mass is 457 g/mol. The van der Waals surface area contributed by atoms with Crippen LogP contribution >= 0.6 is 0 Å². The fourth-order valence-electron chi connectivity index (χ4n) is 3.93. The predicted octanol–water partition coefficient (Wildman–Crippen LogP) is 5.15. The molecule has 1 N–H and O–H groups in total. The van der Waals surface area contributed by atoms with Gasteiger partial charge in [0.25, 0.3) is 0 Å². The molecule has 1 amide bonds. The average Bonchev–Trinajstić information content (AvgIpc) is 3.24. The zero-order valence-corrected chi connectivity index (χ0v) is 19.6. The number of aromatic nitrogens is 2. The van der Waals surface area contributed by atoms with Gasteiger partial charge >= 0.3 is 0 Å². The molecule has 0 aliphatic heterocycles. The van der Waals surface area contributed by atoms with Crippen LogP contribution in [0, 0.1) is 0 Å². The second-order valence-corrected chi connectivity index (χ2v) is 8.17. The first-order valence-corrected chi connectivity index (χ1v) is 11.7. The number of amides is 1. The van der Waals surface area contributed by atoms with Gasteiger partial charge in [-0.05, 0) is 49.1 Å². The molecule has 4 rings (SSSR count). The number of rotatable bonds is 12. The Balaban J connectivity index is 1.30. The first kappa shape index (κ1) is 23.4. The minimum absolute atomic E-state index is 0.0362. The molecule has 0 aliphatic carbocycles. The van der Waals surface area contributed by atoms with Gasteiger partial charge in [0.2, 0.25) is 5.91 Å². The number of nitrogens with one attached hydrogen (secondary N) is 1. The van der Waals surface area contributed by atoms with Gasteiger partial charge in [0, 0.05) is 19.0 Å². The molecule has 0 saturated carbocycles. The molecule has 176 valence electrons. The maximum absolute atomic E-state index is 12.4. The topological polar surface area (TPSA) is 65.4 Å². The van der Waals surface area contributed by atoms with Crippen molar-refractivity contribution in [3.05, 3.63) is 90.3 Å². The van der Waals surface area contributed by atoms with E-state index in [2.05, 4.69) is 16.0 Å². The highest BCUT2D eigenvalue weighted by Crippen LogP contribution is 2.20. The van der Waals surface area contributed by atoms with E-state index >= 15 is 0 Å². The van der Waals surface area contributed by atoms with Crippen LogP contribution < -0.4 is 14.8 Å². The van der Waals surface area contributed by atoms with Gasteiger partial charge in [-0.1, -0.05) is 48.5 Å². The van der Waals surface area contributed by atoms with Crippen LogP contribution in [0.25, 0.3) is 11.0 Å². The Bertz CT molecular complexity index is 1200. The van der Waals surface area contributed by atoms with Gasteiger partial charge in [-0.3, -0.25) is 4.79 Å². The molecule has 0 atom stereocenters. The minimum Gasteiger partial charge on any atom is -0.497 e. The van der Waals surface area contributed by atoms with Crippen molar-refractivity contribution in [1.82, 2.24) is 14.9 Å².